The van der Waals surface area contributed by atoms with Gasteiger partial charge in [-0.3, -0.25) is 0 Å². The van der Waals surface area contributed by atoms with Crippen molar-refractivity contribution in [2.24, 2.45) is 0 Å². The van der Waals surface area contributed by atoms with Gasteiger partial charge in [0.2, 0.25) is 5.88 Å². The molecule has 1 fully saturated rings. The Hall–Kier alpha value is -1.11. The standard InChI is InChI=1S/C10H14ClN3O3/c1-15-10-13-5-8(11)9(14-10)17-6-7-4-12-2-3-16-7/h5,7,12H,2-4,6H2,1H3. The number of hydrogen-bond donors (Lipinski definition) is 1. The van der Waals surface area contributed by atoms with Crippen LogP contribution in [0.1, 0.15) is 0 Å². The van der Waals surface area contributed by atoms with Crippen molar-refractivity contribution in [3.05, 3.63) is 11.2 Å². The number of hydrogen-bond acceptors (Lipinski definition) is 6. The first-order valence-corrected chi connectivity index (χ1v) is 5.69. The lowest BCUT2D eigenvalue weighted by Gasteiger charge is -2.23. The number of rotatable bonds is 4. The van der Waals surface area contributed by atoms with Gasteiger partial charge in [0.25, 0.3) is 0 Å². The normalized spacial score (nSPS) is 20.0. The maximum absolute atomic E-state index is 5.91. The van der Waals surface area contributed by atoms with Gasteiger partial charge in [0.1, 0.15) is 17.7 Å². The second-order valence-electron chi connectivity index (χ2n) is 3.52. The molecule has 1 aromatic rings. The second kappa shape index (κ2) is 6.00. The molecule has 1 aliphatic heterocycles. The molecular weight excluding hydrogens is 246 g/mol. The smallest absolute Gasteiger partial charge is 0.319 e. The van der Waals surface area contributed by atoms with E-state index in [9.17, 15) is 0 Å². The number of aromatic nitrogens is 2. The molecule has 0 saturated carbocycles. The van der Waals surface area contributed by atoms with Gasteiger partial charge >= 0.3 is 6.01 Å². The van der Waals surface area contributed by atoms with Crippen molar-refractivity contribution in [1.29, 1.82) is 0 Å². The Bertz CT molecular complexity index is 372. The molecule has 7 heteroatoms. The third-order valence-electron chi connectivity index (χ3n) is 2.28. The Kier molecular flexibility index (Phi) is 4.36. The minimum absolute atomic E-state index is 0.0146. The average Bonchev–Trinajstić information content (AvgIpc) is 2.39. The molecule has 17 heavy (non-hydrogen) atoms. The summed E-state index contributed by atoms with van der Waals surface area (Å²) >= 11 is 5.91. The highest BCUT2D eigenvalue weighted by Gasteiger charge is 2.15. The summed E-state index contributed by atoms with van der Waals surface area (Å²) in [7, 11) is 1.49. The zero-order valence-electron chi connectivity index (χ0n) is 9.48. The SMILES string of the molecule is COc1ncc(Cl)c(OCC2CNCCO2)n1. The van der Waals surface area contributed by atoms with Crippen LogP contribution in [0.5, 0.6) is 11.9 Å². The summed E-state index contributed by atoms with van der Waals surface area (Å²) in [6.07, 6.45) is 1.46. The number of halogens is 1. The summed E-state index contributed by atoms with van der Waals surface area (Å²) in [5.41, 5.74) is 0. The maximum atomic E-state index is 5.91. The molecule has 0 spiro atoms. The van der Waals surface area contributed by atoms with Crippen LogP contribution in [0.15, 0.2) is 6.20 Å². The fraction of sp³-hybridized carbons (Fsp3) is 0.600. The Morgan fingerprint density at radius 2 is 2.53 bits per heavy atom. The summed E-state index contributed by atoms with van der Waals surface area (Å²) < 4.78 is 15.9. The van der Waals surface area contributed by atoms with Crippen LogP contribution in [0.25, 0.3) is 0 Å². The lowest BCUT2D eigenvalue weighted by atomic mass is 10.3. The number of nitrogens with zero attached hydrogens (tertiary/aromatic N) is 2. The number of morpholine rings is 1. The van der Waals surface area contributed by atoms with Gasteiger partial charge in [-0.15, -0.1) is 0 Å². The predicted molar refractivity (Wildman–Crippen MR) is 61.7 cm³/mol. The average molecular weight is 260 g/mol. The van der Waals surface area contributed by atoms with Crippen LogP contribution < -0.4 is 14.8 Å². The molecule has 1 unspecified atom stereocenters. The maximum Gasteiger partial charge on any atom is 0.319 e. The molecule has 0 amide bonds. The lowest BCUT2D eigenvalue weighted by molar-refractivity contribution is -0.000858. The van der Waals surface area contributed by atoms with E-state index in [2.05, 4.69) is 15.3 Å². The van der Waals surface area contributed by atoms with Crippen molar-refractivity contribution >= 4 is 11.6 Å². The molecule has 2 rings (SSSR count). The zero-order chi connectivity index (χ0) is 12.1. The summed E-state index contributed by atoms with van der Waals surface area (Å²) in [5.74, 6) is 0.313. The van der Waals surface area contributed by atoms with Gasteiger partial charge in [0.05, 0.1) is 19.9 Å². The molecule has 0 aromatic carbocycles. The van der Waals surface area contributed by atoms with E-state index in [4.69, 9.17) is 25.8 Å². The molecule has 0 bridgehead atoms. The summed E-state index contributed by atoms with van der Waals surface area (Å²) in [4.78, 5) is 7.88. The van der Waals surface area contributed by atoms with Crippen LogP contribution >= 0.6 is 11.6 Å². The molecule has 1 aromatic heterocycles. The van der Waals surface area contributed by atoms with E-state index in [0.717, 1.165) is 13.1 Å². The van der Waals surface area contributed by atoms with Crippen LogP contribution in [0, 0.1) is 0 Å². The van der Waals surface area contributed by atoms with E-state index in [1.54, 1.807) is 0 Å². The largest absolute Gasteiger partial charge is 0.474 e. The van der Waals surface area contributed by atoms with Gasteiger partial charge < -0.3 is 19.5 Å². The van der Waals surface area contributed by atoms with E-state index >= 15 is 0 Å². The van der Waals surface area contributed by atoms with E-state index in [1.165, 1.54) is 13.3 Å². The molecular formula is C10H14ClN3O3. The third kappa shape index (κ3) is 3.42. The molecule has 1 saturated heterocycles. The van der Waals surface area contributed by atoms with Crippen LogP contribution in [0.2, 0.25) is 5.02 Å². The Balaban J connectivity index is 1.92. The molecule has 1 atom stereocenters. The molecule has 2 heterocycles. The topological polar surface area (TPSA) is 65.5 Å². The predicted octanol–water partition coefficient (Wildman–Crippen LogP) is 0.506. The van der Waals surface area contributed by atoms with Crippen LogP contribution in [0.4, 0.5) is 0 Å². The molecule has 1 N–H and O–H groups in total. The molecule has 1 aliphatic rings. The van der Waals surface area contributed by atoms with Crippen LogP contribution in [0.3, 0.4) is 0 Å². The second-order valence-corrected chi connectivity index (χ2v) is 3.92. The van der Waals surface area contributed by atoms with Gasteiger partial charge in [-0.1, -0.05) is 11.6 Å². The first-order chi connectivity index (χ1) is 8.29. The van der Waals surface area contributed by atoms with E-state index in [-0.39, 0.29) is 12.1 Å². The van der Waals surface area contributed by atoms with Crippen molar-refractivity contribution in [3.63, 3.8) is 0 Å². The van der Waals surface area contributed by atoms with E-state index in [1.807, 2.05) is 0 Å². The van der Waals surface area contributed by atoms with E-state index in [0.29, 0.717) is 24.1 Å². The summed E-state index contributed by atoms with van der Waals surface area (Å²) in [5, 5.41) is 3.57. The van der Waals surface area contributed by atoms with Gasteiger partial charge in [0.15, 0.2) is 0 Å². The Morgan fingerprint density at radius 1 is 1.65 bits per heavy atom. The Morgan fingerprint density at radius 3 is 3.24 bits per heavy atom. The monoisotopic (exact) mass is 259 g/mol. The first-order valence-electron chi connectivity index (χ1n) is 5.31. The summed E-state index contributed by atoms with van der Waals surface area (Å²) in [6, 6.07) is 0.229. The minimum atomic E-state index is 0.0146. The molecule has 6 nitrogen and oxygen atoms in total. The number of methoxy groups -OCH3 is 1. The van der Waals surface area contributed by atoms with Crippen LogP contribution in [-0.4, -0.2) is 49.5 Å². The Labute approximate surface area is 104 Å². The number of ether oxygens (including phenoxy) is 3. The first kappa shape index (κ1) is 12.3. The highest BCUT2D eigenvalue weighted by Crippen LogP contribution is 2.22. The fourth-order valence-electron chi connectivity index (χ4n) is 1.43. The van der Waals surface area contributed by atoms with Crippen molar-refractivity contribution < 1.29 is 14.2 Å². The summed E-state index contributed by atoms with van der Waals surface area (Å²) in [6.45, 7) is 2.72. The lowest BCUT2D eigenvalue weighted by Crippen LogP contribution is -2.41. The van der Waals surface area contributed by atoms with Gasteiger partial charge in [0, 0.05) is 13.1 Å². The highest BCUT2D eigenvalue weighted by molar-refractivity contribution is 6.31. The van der Waals surface area contributed by atoms with Crippen LogP contribution in [-0.2, 0) is 4.74 Å². The number of nitrogens with one attached hydrogen (secondary N) is 1. The van der Waals surface area contributed by atoms with Crippen molar-refractivity contribution in [2.45, 2.75) is 6.10 Å². The fourth-order valence-corrected chi connectivity index (χ4v) is 1.58. The quantitative estimate of drug-likeness (QED) is 0.850. The van der Waals surface area contributed by atoms with Gasteiger partial charge in [-0.25, -0.2) is 4.98 Å². The molecule has 94 valence electrons. The van der Waals surface area contributed by atoms with Gasteiger partial charge in [-0.2, -0.15) is 4.98 Å². The molecule has 0 radical (unpaired) electrons. The van der Waals surface area contributed by atoms with Crippen molar-refractivity contribution in [3.8, 4) is 11.9 Å². The van der Waals surface area contributed by atoms with Crippen molar-refractivity contribution in [2.75, 3.05) is 33.4 Å². The highest BCUT2D eigenvalue weighted by atomic mass is 35.5. The van der Waals surface area contributed by atoms with Crippen molar-refractivity contribution in [1.82, 2.24) is 15.3 Å². The minimum Gasteiger partial charge on any atom is -0.474 e. The third-order valence-corrected chi connectivity index (χ3v) is 2.54. The molecule has 0 aliphatic carbocycles. The van der Waals surface area contributed by atoms with E-state index < -0.39 is 0 Å². The van der Waals surface area contributed by atoms with Gasteiger partial charge in [-0.05, 0) is 0 Å². The zero-order valence-corrected chi connectivity index (χ0v) is 10.2.